The van der Waals surface area contributed by atoms with E-state index in [0.29, 0.717) is 31.9 Å². The van der Waals surface area contributed by atoms with Gasteiger partial charge in [0.2, 0.25) is 10.0 Å². The van der Waals surface area contributed by atoms with Crippen molar-refractivity contribution < 1.29 is 17.9 Å². The topological polar surface area (TPSA) is 75.7 Å². The van der Waals surface area contributed by atoms with Gasteiger partial charge in [0, 0.05) is 24.0 Å². The Morgan fingerprint density at radius 1 is 1.06 bits per heavy atom. The third-order valence-electron chi connectivity index (χ3n) is 5.69. The maximum Gasteiger partial charge on any atom is 0.255 e. The number of nitrogens with one attached hydrogen (secondary N) is 1. The zero-order valence-electron chi connectivity index (χ0n) is 18.7. The van der Waals surface area contributed by atoms with Gasteiger partial charge >= 0.3 is 0 Å². The molecule has 0 aliphatic carbocycles. The van der Waals surface area contributed by atoms with E-state index in [1.165, 1.54) is 23.4 Å². The Kier molecular flexibility index (Phi) is 7.47. The Labute approximate surface area is 189 Å². The molecule has 3 rings (SSSR count). The molecule has 1 atom stereocenters. The first-order chi connectivity index (χ1) is 14.6. The van der Waals surface area contributed by atoms with Gasteiger partial charge in [-0.05, 0) is 74.4 Å². The van der Waals surface area contributed by atoms with Crippen molar-refractivity contribution in [2.75, 3.05) is 32.6 Å². The molecule has 1 aliphatic heterocycles. The maximum atomic E-state index is 13.2. The van der Waals surface area contributed by atoms with E-state index >= 15 is 0 Å². The third-order valence-corrected chi connectivity index (χ3v) is 8.02. The Morgan fingerprint density at radius 3 is 2.35 bits per heavy atom. The lowest BCUT2D eigenvalue weighted by atomic mass is 9.97. The predicted octanol–water partition coefficient (Wildman–Crippen LogP) is 3.85. The fourth-order valence-corrected chi connectivity index (χ4v) is 5.59. The van der Waals surface area contributed by atoms with Gasteiger partial charge in [-0.3, -0.25) is 4.79 Å². The predicted molar refractivity (Wildman–Crippen MR) is 124 cm³/mol. The lowest BCUT2D eigenvalue weighted by Crippen LogP contribution is -2.41. The van der Waals surface area contributed by atoms with Gasteiger partial charge < -0.3 is 9.64 Å². The summed E-state index contributed by atoms with van der Waals surface area (Å²) in [6.07, 6.45) is 1.88. The van der Waals surface area contributed by atoms with Crippen LogP contribution in [0.3, 0.4) is 0 Å². The highest BCUT2D eigenvalue weighted by Crippen LogP contribution is 2.27. The smallest absolute Gasteiger partial charge is 0.255 e. The minimum absolute atomic E-state index is 0.0928. The number of aryl methyl sites for hydroxylation is 3. The lowest BCUT2D eigenvalue weighted by Gasteiger charge is -2.27. The largest absolute Gasteiger partial charge is 0.378 e. The monoisotopic (exact) mass is 462 g/mol. The van der Waals surface area contributed by atoms with Gasteiger partial charge in [0.25, 0.3) is 5.91 Å². The second kappa shape index (κ2) is 9.73. The van der Waals surface area contributed by atoms with E-state index in [1.807, 2.05) is 40.0 Å². The molecule has 31 heavy (non-hydrogen) atoms. The Morgan fingerprint density at radius 2 is 1.71 bits per heavy atom. The summed E-state index contributed by atoms with van der Waals surface area (Å²) in [5.74, 6) is -0.164. The number of carbonyl (C=O) groups is 1. The standard InChI is InChI=1S/C23H30N2O4S2/c1-15-12-17(3)20(13-16(15)2)18(4)24-31(27,28)19-6-7-22(30-5)21(14-19)23(26)25-8-10-29-11-9-25/h6-7,12-14,18,24H,8-11H2,1-5H3/t18-/m0/s1. The van der Waals surface area contributed by atoms with Crippen molar-refractivity contribution in [2.24, 2.45) is 0 Å². The van der Waals surface area contributed by atoms with E-state index in [-0.39, 0.29) is 10.8 Å². The van der Waals surface area contributed by atoms with Crippen molar-refractivity contribution in [3.05, 3.63) is 58.1 Å². The number of benzene rings is 2. The van der Waals surface area contributed by atoms with Crippen molar-refractivity contribution in [3.63, 3.8) is 0 Å². The van der Waals surface area contributed by atoms with Gasteiger partial charge in [-0.2, -0.15) is 0 Å². The van der Waals surface area contributed by atoms with E-state index in [0.717, 1.165) is 21.6 Å². The molecule has 168 valence electrons. The molecule has 8 heteroatoms. The number of nitrogens with zero attached hydrogens (tertiary/aromatic N) is 1. The van der Waals surface area contributed by atoms with Crippen LogP contribution in [-0.2, 0) is 14.8 Å². The molecule has 0 saturated carbocycles. The summed E-state index contributed by atoms with van der Waals surface area (Å²) in [5, 5.41) is 0. The van der Waals surface area contributed by atoms with Crippen molar-refractivity contribution in [1.29, 1.82) is 0 Å². The van der Waals surface area contributed by atoms with Crippen LogP contribution in [0.25, 0.3) is 0 Å². The zero-order valence-corrected chi connectivity index (χ0v) is 20.3. The highest BCUT2D eigenvalue weighted by Gasteiger charge is 2.25. The zero-order chi connectivity index (χ0) is 22.8. The summed E-state index contributed by atoms with van der Waals surface area (Å²) in [6.45, 7) is 9.88. The van der Waals surface area contributed by atoms with E-state index < -0.39 is 16.1 Å². The number of ether oxygens (including phenoxy) is 1. The van der Waals surface area contributed by atoms with Gasteiger partial charge in [-0.1, -0.05) is 12.1 Å². The van der Waals surface area contributed by atoms with Crippen LogP contribution in [0.2, 0.25) is 0 Å². The van der Waals surface area contributed by atoms with Gasteiger partial charge in [0.05, 0.1) is 23.7 Å². The van der Waals surface area contributed by atoms with Gasteiger partial charge in [-0.25, -0.2) is 13.1 Å². The third kappa shape index (κ3) is 5.31. The SMILES string of the molecule is CSc1ccc(S(=O)(=O)N[C@@H](C)c2cc(C)c(C)cc2C)cc1C(=O)N1CCOCC1. The molecule has 0 unspecified atom stereocenters. The number of thioether (sulfide) groups is 1. The Hall–Kier alpha value is -1.87. The van der Waals surface area contributed by atoms with E-state index in [1.54, 1.807) is 17.0 Å². The molecule has 1 amide bonds. The molecule has 2 aromatic carbocycles. The summed E-state index contributed by atoms with van der Waals surface area (Å²) in [5.41, 5.74) is 4.69. The number of hydrogen-bond acceptors (Lipinski definition) is 5. The van der Waals surface area contributed by atoms with Crippen molar-refractivity contribution >= 4 is 27.7 Å². The van der Waals surface area contributed by atoms with Gasteiger partial charge in [0.1, 0.15) is 0 Å². The molecular weight excluding hydrogens is 432 g/mol. The molecule has 0 aromatic heterocycles. The minimum Gasteiger partial charge on any atom is -0.378 e. The second-order valence-corrected chi connectivity index (χ2v) is 10.5. The van der Waals surface area contributed by atoms with E-state index in [4.69, 9.17) is 4.74 Å². The fraction of sp³-hybridized carbons (Fsp3) is 0.435. The van der Waals surface area contributed by atoms with Crippen molar-refractivity contribution in [1.82, 2.24) is 9.62 Å². The lowest BCUT2D eigenvalue weighted by molar-refractivity contribution is 0.0300. The molecule has 0 spiro atoms. The number of carbonyl (C=O) groups excluding carboxylic acids is 1. The average Bonchev–Trinajstić information content (AvgIpc) is 2.75. The van der Waals surface area contributed by atoms with E-state index in [2.05, 4.69) is 10.8 Å². The number of morpholine rings is 1. The Bertz CT molecular complexity index is 1080. The van der Waals surface area contributed by atoms with E-state index in [9.17, 15) is 13.2 Å². The average molecular weight is 463 g/mol. The normalized spacial score (nSPS) is 15.7. The molecular formula is C23H30N2O4S2. The molecule has 1 aliphatic rings. The van der Waals surface area contributed by atoms with Gasteiger partial charge in [-0.15, -0.1) is 11.8 Å². The van der Waals surface area contributed by atoms with Crippen LogP contribution in [0.4, 0.5) is 0 Å². The first kappa shape index (κ1) is 23.8. The van der Waals surface area contributed by atoms with Crippen LogP contribution in [0.15, 0.2) is 40.1 Å². The molecule has 1 saturated heterocycles. The molecule has 6 nitrogen and oxygen atoms in total. The summed E-state index contributed by atoms with van der Waals surface area (Å²) in [4.78, 5) is 15.6. The van der Waals surface area contributed by atoms with Crippen LogP contribution in [-0.4, -0.2) is 51.8 Å². The highest BCUT2D eigenvalue weighted by atomic mass is 32.2. The first-order valence-electron chi connectivity index (χ1n) is 10.3. The molecule has 1 heterocycles. The van der Waals surface area contributed by atoms with Crippen LogP contribution in [0, 0.1) is 20.8 Å². The number of rotatable bonds is 6. The fourth-order valence-electron chi connectivity index (χ4n) is 3.77. The van der Waals surface area contributed by atoms with Crippen LogP contribution in [0.1, 0.15) is 45.6 Å². The van der Waals surface area contributed by atoms with Crippen LogP contribution < -0.4 is 4.72 Å². The maximum absolute atomic E-state index is 13.2. The van der Waals surface area contributed by atoms with Crippen LogP contribution in [0.5, 0.6) is 0 Å². The number of sulfonamides is 1. The molecule has 1 fully saturated rings. The van der Waals surface area contributed by atoms with Crippen molar-refractivity contribution in [3.8, 4) is 0 Å². The Balaban J connectivity index is 1.90. The van der Waals surface area contributed by atoms with Crippen LogP contribution >= 0.6 is 11.8 Å². The quantitative estimate of drug-likeness (QED) is 0.660. The summed E-state index contributed by atoms with van der Waals surface area (Å²) < 4.78 is 34.4. The minimum atomic E-state index is -3.81. The molecule has 0 bridgehead atoms. The number of hydrogen-bond donors (Lipinski definition) is 1. The first-order valence-corrected chi connectivity index (χ1v) is 13.0. The summed E-state index contributed by atoms with van der Waals surface area (Å²) in [7, 11) is -3.81. The summed E-state index contributed by atoms with van der Waals surface area (Å²) in [6, 6.07) is 8.46. The van der Waals surface area contributed by atoms with Crippen molar-refractivity contribution in [2.45, 2.75) is 43.5 Å². The summed E-state index contributed by atoms with van der Waals surface area (Å²) >= 11 is 1.43. The molecule has 2 aromatic rings. The van der Waals surface area contributed by atoms with Gasteiger partial charge in [0.15, 0.2) is 0 Å². The highest BCUT2D eigenvalue weighted by molar-refractivity contribution is 7.98. The number of amides is 1. The second-order valence-electron chi connectivity index (χ2n) is 7.90. The molecule has 1 N–H and O–H groups in total. The molecule has 0 radical (unpaired) electrons.